The molecule has 4 heteroatoms. The number of aryl methyl sites for hydroxylation is 2. The molecule has 1 amide bonds. The normalized spacial score (nSPS) is 10.8. The van der Waals surface area contributed by atoms with E-state index in [-0.39, 0.29) is 24.5 Å². The summed E-state index contributed by atoms with van der Waals surface area (Å²) in [6.07, 6.45) is 0.398. The van der Waals surface area contributed by atoms with Gasteiger partial charge in [0.05, 0.1) is 0 Å². The maximum atomic E-state index is 12.3. The summed E-state index contributed by atoms with van der Waals surface area (Å²) in [4.78, 5) is 26.5. The van der Waals surface area contributed by atoms with Gasteiger partial charge in [0.25, 0.3) is 0 Å². The smallest absolute Gasteiger partial charge is 0.224 e. The number of hydrogen-bond donors (Lipinski definition) is 1. The van der Waals surface area contributed by atoms with Crippen LogP contribution in [0.1, 0.15) is 39.9 Å². The molecule has 0 aliphatic heterocycles. The number of amides is 1. The van der Waals surface area contributed by atoms with Gasteiger partial charge in [-0.05, 0) is 62.8 Å². The highest BCUT2D eigenvalue weighted by Crippen LogP contribution is 2.14. The van der Waals surface area contributed by atoms with Gasteiger partial charge >= 0.3 is 0 Å². The van der Waals surface area contributed by atoms with Gasteiger partial charge < -0.3 is 10.2 Å². The van der Waals surface area contributed by atoms with Crippen molar-refractivity contribution in [1.29, 1.82) is 0 Å². The third-order valence-electron chi connectivity index (χ3n) is 4.12. The Morgan fingerprint density at radius 2 is 1.72 bits per heavy atom. The van der Waals surface area contributed by atoms with Crippen LogP contribution < -0.4 is 5.32 Å². The molecule has 2 aromatic carbocycles. The van der Waals surface area contributed by atoms with Crippen LogP contribution in [0.15, 0.2) is 42.5 Å². The molecule has 4 nitrogen and oxygen atoms in total. The minimum atomic E-state index is -0.140. The number of anilines is 1. The Morgan fingerprint density at radius 1 is 0.960 bits per heavy atom. The number of nitrogens with one attached hydrogen (secondary N) is 1. The van der Waals surface area contributed by atoms with Crippen molar-refractivity contribution >= 4 is 17.4 Å². The topological polar surface area (TPSA) is 49.4 Å². The Kier molecular flexibility index (Phi) is 6.48. The summed E-state index contributed by atoms with van der Waals surface area (Å²) in [5.41, 5.74) is 4.82. The molecule has 2 rings (SSSR count). The molecule has 0 unspecified atom stereocenters. The quantitative estimate of drug-likeness (QED) is 0.777. The van der Waals surface area contributed by atoms with E-state index < -0.39 is 0 Å². The minimum Gasteiger partial charge on any atom is -0.326 e. The predicted octanol–water partition coefficient (Wildman–Crippen LogP) is 3.97. The van der Waals surface area contributed by atoms with Crippen molar-refractivity contribution in [3.05, 3.63) is 64.7 Å². The maximum absolute atomic E-state index is 12.3. The molecular weight excluding hydrogens is 312 g/mol. The molecule has 1 N–H and O–H groups in total. The average Bonchev–Trinajstić information content (AvgIpc) is 2.55. The van der Waals surface area contributed by atoms with E-state index in [1.54, 1.807) is 0 Å². The number of Topliss-reactive ketones (excluding diaryl/α,β-unsaturated/α-hetero) is 1. The van der Waals surface area contributed by atoms with E-state index in [9.17, 15) is 9.59 Å². The van der Waals surface area contributed by atoms with E-state index >= 15 is 0 Å². The second kappa shape index (κ2) is 8.58. The molecule has 0 spiro atoms. The molecule has 0 aromatic heterocycles. The van der Waals surface area contributed by atoms with Crippen LogP contribution in [0.3, 0.4) is 0 Å². The summed E-state index contributed by atoms with van der Waals surface area (Å²) in [5.74, 6) is -0.140. The van der Waals surface area contributed by atoms with E-state index in [4.69, 9.17) is 0 Å². The molecule has 0 bridgehead atoms. The summed E-state index contributed by atoms with van der Waals surface area (Å²) < 4.78 is 0. The van der Waals surface area contributed by atoms with Crippen molar-refractivity contribution in [1.82, 2.24) is 4.90 Å². The lowest BCUT2D eigenvalue weighted by Gasteiger charge is -2.11. The third kappa shape index (κ3) is 5.84. The van der Waals surface area contributed by atoms with E-state index in [1.807, 2.05) is 70.4 Å². The SMILES string of the molecule is Cc1ccc(C(=O)CCC(=O)Nc2cccc(CN(C)C)c2)cc1C. The van der Waals surface area contributed by atoms with Gasteiger partial charge in [0.1, 0.15) is 0 Å². The first-order valence-corrected chi connectivity index (χ1v) is 8.49. The van der Waals surface area contributed by atoms with E-state index in [0.29, 0.717) is 5.56 Å². The molecule has 2 aromatic rings. The first kappa shape index (κ1) is 18.9. The van der Waals surface area contributed by atoms with Crippen LogP contribution in [0.5, 0.6) is 0 Å². The van der Waals surface area contributed by atoms with Gasteiger partial charge in [-0.2, -0.15) is 0 Å². The lowest BCUT2D eigenvalue weighted by molar-refractivity contribution is -0.116. The zero-order chi connectivity index (χ0) is 18.4. The number of rotatable bonds is 7. The third-order valence-corrected chi connectivity index (χ3v) is 4.12. The Morgan fingerprint density at radius 3 is 2.40 bits per heavy atom. The molecule has 0 fully saturated rings. The van der Waals surface area contributed by atoms with Gasteiger partial charge in [0, 0.05) is 30.6 Å². The molecular formula is C21H26N2O2. The van der Waals surface area contributed by atoms with Crippen LogP contribution in [0.4, 0.5) is 5.69 Å². The zero-order valence-electron chi connectivity index (χ0n) is 15.4. The van der Waals surface area contributed by atoms with Gasteiger partial charge in [-0.3, -0.25) is 9.59 Å². The fourth-order valence-corrected chi connectivity index (χ4v) is 2.62. The molecule has 0 saturated heterocycles. The van der Waals surface area contributed by atoms with Crippen molar-refractivity contribution in [2.75, 3.05) is 19.4 Å². The first-order valence-electron chi connectivity index (χ1n) is 8.49. The number of ketones is 1. The molecule has 0 aliphatic rings. The van der Waals surface area contributed by atoms with Gasteiger partial charge in [-0.1, -0.05) is 24.3 Å². The molecule has 0 radical (unpaired) electrons. The van der Waals surface area contributed by atoms with Gasteiger partial charge in [0.15, 0.2) is 5.78 Å². The molecule has 0 aliphatic carbocycles. The molecule has 132 valence electrons. The van der Waals surface area contributed by atoms with E-state index in [2.05, 4.69) is 10.2 Å². The fraction of sp³-hybridized carbons (Fsp3) is 0.333. The standard InChI is InChI=1S/C21H26N2O2/c1-15-8-9-18(12-16(15)2)20(24)10-11-21(25)22-19-7-5-6-17(13-19)14-23(3)4/h5-9,12-13H,10-11,14H2,1-4H3,(H,22,25). The van der Waals surface area contributed by atoms with Gasteiger partial charge in [-0.25, -0.2) is 0 Å². The van der Waals surface area contributed by atoms with Gasteiger partial charge in [0.2, 0.25) is 5.91 Å². The highest BCUT2D eigenvalue weighted by Gasteiger charge is 2.10. The molecule has 0 atom stereocenters. The maximum Gasteiger partial charge on any atom is 0.224 e. The fourth-order valence-electron chi connectivity index (χ4n) is 2.62. The summed E-state index contributed by atoms with van der Waals surface area (Å²) in [7, 11) is 4.01. The average molecular weight is 338 g/mol. The zero-order valence-corrected chi connectivity index (χ0v) is 15.4. The van der Waals surface area contributed by atoms with Crippen LogP contribution in [0.2, 0.25) is 0 Å². The Bertz CT molecular complexity index is 766. The van der Waals surface area contributed by atoms with Crippen LogP contribution in [0.25, 0.3) is 0 Å². The van der Waals surface area contributed by atoms with E-state index in [0.717, 1.165) is 28.9 Å². The van der Waals surface area contributed by atoms with Crippen molar-refractivity contribution in [2.45, 2.75) is 33.2 Å². The highest BCUT2D eigenvalue weighted by atomic mass is 16.2. The first-order chi connectivity index (χ1) is 11.8. The monoisotopic (exact) mass is 338 g/mol. The second-order valence-corrected chi connectivity index (χ2v) is 6.71. The van der Waals surface area contributed by atoms with Crippen LogP contribution in [-0.4, -0.2) is 30.7 Å². The number of nitrogens with zero attached hydrogens (tertiary/aromatic N) is 1. The van der Waals surface area contributed by atoms with Crippen LogP contribution in [-0.2, 0) is 11.3 Å². The number of carbonyl (C=O) groups is 2. The van der Waals surface area contributed by atoms with Crippen LogP contribution >= 0.6 is 0 Å². The number of carbonyl (C=O) groups excluding carboxylic acids is 2. The summed E-state index contributed by atoms with van der Waals surface area (Å²) in [6, 6.07) is 13.4. The van der Waals surface area contributed by atoms with Gasteiger partial charge in [-0.15, -0.1) is 0 Å². The lowest BCUT2D eigenvalue weighted by atomic mass is 10.0. The Hall–Kier alpha value is -2.46. The Balaban J connectivity index is 1.90. The summed E-state index contributed by atoms with van der Waals surface area (Å²) in [6.45, 7) is 4.82. The largest absolute Gasteiger partial charge is 0.326 e. The molecule has 0 saturated carbocycles. The minimum absolute atomic E-state index is 0.000363. The Labute approximate surface area is 149 Å². The van der Waals surface area contributed by atoms with Crippen molar-refractivity contribution in [3.8, 4) is 0 Å². The van der Waals surface area contributed by atoms with Crippen molar-refractivity contribution < 1.29 is 9.59 Å². The van der Waals surface area contributed by atoms with Crippen molar-refractivity contribution in [3.63, 3.8) is 0 Å². The summed E-state index contributed by atoms with van der Waals surface area (Å²) in [5, 5.41) is 2.87. The van der Waals surface area contributed by atoms with Crippen LogP contribution in [0, 0.1) is 13.8 Å². The number of hydrogen-bond acceptors (Lipinski definition) is 3. The summed E-state index contributed by atoms with van der Waals surface area (Å²) >= 11 is 0. The molecule has 25 heavy (non-hydrogen) atoms. The second-order valence-electron chi connectivity index (χ2n) is 6.71. The highest BCUT2D eigenvalue weighted by molar-refractivity contribution is 6.00. The number of benzene rings is 2. The van der Waals surface area contributed by atoms with E-state index in [1.165, 1.54) is 0 Å². The van der Waals surface area contributed by atoms with Crippen molar-refractivity contribution in [2.24, 2.45) is 0 Å². The lowest BCUT2D eigenvalue weighted by Crippen LogP contribution is -2.14. The molecule has 0 heterocycles. The predicted molar refractivity (Wildman–Crippen MR) is 102 cm³/mol.